The molecule has 0 radical (unpaired) electrons. The number of ketones is 1. The van der Waals surface area contributed by atoms with Crippen molar-refractivity contribution in [3.05, 3.63) is 42.2 Å². The van der Waals surface area contributed by atoms with Crippen molar-refractivity contribution in [2.75, 3.05) is 0 Å². The predicted molar refractivity (Wildman–Crippen MR) is 55.2 cm³/mol. The second kappa shape index (κ2) is 3.46. The second-order valence-corrected chi connectivity index (χ2v) is 2.97. The zero-order valence-electron chi connectivity index (χ0n) is 7.82. The van der Waals surface area contributed by atoms with Gasteiger partial charge >= 0.3 is 0 Å². The Morgan fingerprint density at radius 3 is 2.93 bits per heavy atom. The molecule has 0 saturated heterocycles. The summed E-state index contributed by atoms with van der Waals surface area (Å²) in [6, 6.07) is 7.57. The van der Waals surface area contributed by atoms with Gasteiger partial charge in [-0.15, -0.1) is 0 Å². The summed E-state index contributed by atoms with van der Waals surface area (Å²) in [7, 11) is 0. The van der Waals surface area contributed by atoms with E-state index in [1.54, 1.807) is 13.0 Å². The maximum atomic E-state index is 11.4. The van der Waals surface area contributed by atoms with Gasteiger partial charge in [0.05, 0.1) is 11.0 Å². The third-order valence-corrected chi connectivity index (χ3v) is 1.94. The first-order valence-electron chi connectivity index (χ1n) is 4.43. The number of fused-ring (bicyclic) bond motifs is 1. The van der Waals surface area contributed by atoms with Crippen molar-refractivity contribution in [3.63, 3.8) is 0 Å². The lowest BCUT2D eigenvalue weighted by Gasteiger charge is -1.84. The van der Waals surface area contributed by atoms with Crippen molar-refractivity contribution in [1.29, 1.82) is 0 Å². The minimum Gasteiger partial charge on any atom is -0.335 e. The van der Waals surface area contributed by atoms with Gasteiger partial charge < -0.3 is 4.98 Å². The molecule has 0 aliphatic heterocycles. The van der Waals surface area contributed by atoms with Crippen LogP contribution in [0.25, 0.3) is 11.0 Å². The summed E-state index contributed by atoms with van der Waals surface area (Å²) in [5, 5.41) is 0. The van der Waals surface area contributed by atoms with Gasteiger partial charge in [0.1, 0.15) is 0 Å². The molecule has 0 amide bonds. The van der Waals surface area contributed by atoms with E-state index in [-0.39, 0.29) is 5.78 Å². The van der Waals surface area contributed by atoms with Gasteiger partial charge in [-0.1, -0.05) is 18.2 Å². The van der Waals surface area contributed by atoms with Crippen LogP contribution < -0.4 is 0 Å². The molecule has 0 fully saturated rings. The first-order valence-corrected chi connectivity index (χ1v) is 4.43. The molecule has 0 saturated carbocycles. The van der Waals surface area contributed by atoms with E-state index in [0.717, 1.165) is 11.0 Å². The van der Waals surface area contributed by atoms with E-state index in [2.05, 4.69) is 9.97 Å². The zero-order valence-corrected chi connectivity index (χ0v) is 7.82. The zero-order chi connectivity index (χ0) is 9.97. The van der Waals surface area contributed by atoms with Gasteiger partial charge in [0.15, 0.2) is 5.82 Å². The fourth-order valence-electron chi connectivity index (χ4n) is 1.30. The Morgan fingerprint density at radius 2 is 2.21 bits per heavy atom. The third-order valence-electron chi connectivity index (χ3n) is 1.94. The monoisotopic (exact) mass is 186 g/mol. The maximum Gasteiger partial charge on any atom is 0.220 e. The quantitative estimate of drug-likeness (QED) is 0.578. The summed E-state index contributed by atoms with van der Waals surface area (Å²) in [5.74, 6) is 0.299. The van der Waals surface area contributed by atoms with Crippen LogP contribution in [0.15, 0.2) is 36.4 Å². The molecule has 14 heavy (non-hydrogen) atoms. The van der Waals surface area contributed by atoms with Gasteiger partial charge in [-0.3, -0.25) is 4.79 Å². The molecule has 0 aliphatic carbocycles. The van der Waals surface area contributed by atoms with Crippen molar-refractivity contribution in [2.45, 2.75) is 6.92 Å². The number of para-hydroxylation sites is 2. The van der Waals surface area contributed by atoms with Crippen LogP contribution in [-0.4, -0.2) is 15.8 Å². The van der Waals surface area contributed by atoms with Crippen LogP contribution in [0.3, 0.4) is 0 Å². The number of nitrogens with one attached hydrogen (secondary N) is 1. The average Bonchev–Trinajstić information content (AvgIpc) is 2.61. The van der Waals surface area contributed by atoms with Crippen molar-refractivity contribution < 1.29 is 4.79 Å². The number of carbonyl (C=O) groups is 1. The van der Waals surface area contributed by atoms with E-state index in [1.807, 2.05) is 24.3 Å². The fourth-order valence-corrected chi connectivity index (χ4v) is 1.30. The number of nitrogens with zero attached hydrogens (tertiary/aromatic N) is 1. The van der Waals surface area contributed by atoms with E-state index in [0.29, 0.717) is 5.82 Å². The molecule has 0 spiro atoms. The number of imidazole rings is 1. The minimum absolute atomic E-state index is 0.0938. The largest absolute Gasteiger partial charge is 0.335 e. The highest BCUT2D eigenvalue weighted by Gasteiger charge is 2.06. The normalized spacial score (nSPS) is 11.2. The van der Waals surface area contributed by atoms with Crippen LogP contribution in [0.2, 0.25) is 0 Å². The van der Waals surface area contributed by atoms with Gasteiger partial charge in [0, 0.05) is 0 Å². The molecule has 1 aromatic heterocycles. The SMILES string of the molecule is CC=CC(=O)c1nc2ccccc2[nH]1. The Morgan fingerprint density at radius 1 is 1.43 bits per heavy atom. The van der Waals surface area contributed by atoms with E-state index in [1.165, 1.54) is 6.08 Å². The minimum atomic E-state index is -0.0938. The van der Waals surface area contributed by atoms with Crippen LogP contribution in [0.4, 0.5) is 0 Å². The summed E-state index contributed by atoms with van der Waals surface area (Å²) in [5.41, 5.74) is 1.71. The molecule has 1 N–H and O–H groups in total. The number of hydrogen-bond acceptors (Lipinski definition) is 2. The Kier molecular flexibility index (Phi) is 2.14. The summed E-state index contributed by atoms with van der Waals surface area (Å²) >= 11 is 0. The van der Waals surface area contributed by atoms with E-state index >= 15 is 0 Å². The Bertz CT molecular complexity index is 464. The van der Waals surface area contributed by atoms with Gasteiger partial charge in [0.2, 0.25) is 5.78 Å². The summed E-state index contributed by atoms with van der Waals surface area (Å²) in [4.78, 5) is 18.6. The second-order valence-electron chi connectivity index (χ2n) is 2.97. The Labute approximate surface area is 81.5 Å². The average molecular weight is 186 g/mol. The van der Waals surface area contributed by atoms with Crippen molar-refractivity contribution >= 4 is 16.8 Å². The van der Waals surface area contributed by atoms with Crippen molar-refractivity contribution in [1.82, 2.24) is 9.97 Å². The molecular weight excluding hydrogens is 176 g/mol. The van der Waals surface area contributed by atoms with Crippen LogP contribution in [-0.2, 0) is 0 Å². The third kappa shape index (κ3) is 1.44. The lowest BCUT2D eigenvalue weighted by Crippen LogP contribution is -1.96. The number of aromatic amines is 1. The standard InChI is InChI=1S/C11H10N2O/c1-2-5-10(14)11-12-8-6-3-4-7-9(8)13-11/h2-7H,1H3,(H,12,13). The molecule has 2 aromatic rings. The number of rotatable bonds is 2. The van der Waals surface area contributed by atoms with Crippen LogP contribution >= 0.6 is 0 Å². The molecular formula is C11H10N2O. The molecule has 0 unspecified atom stereocenters. The topological polar surface area (TPSA) is 45.8 Å². The molecule has 3 nitrogen and oxygen atoms in total. The van der Waals surface area contributed by atoms with E-state index in [9.17, 15) is 4.79 Å². The summed E-state index contributed by atoms with van der Waals surface area (Å²) in [6.45, 7) is 1.81. The predicted octanol–water partition coefficient (Wildman–Crippen LogP) is 2.32. The highest BCUT2D eigenvalue weighted by atomic mass is 16.1. The van der Waals surface area contributed by atoms with E-state index in [4.69, 9.17) is 0 Å². The Balaban J connectivity index is 2.50. The van der Waals surface area contributed by atoms with Crippen molar-refractivity contribution in [3.8, 4) is 0 Å². The molecule has 3 heteroatoms. The molecule has 0 aliphatic rings. The fraction of sp³-hybridized carbons (Fsp3) is 0.0909. The number of benzene rings is 1. The number of allylic oxidation sites excluding steroid dienone is 2. The van der Waals surface area contributed by atoms with Gasteiger partial charge in [-0.25, -0.2) is 4.98 Å². The van der Waals surface area contributed by atoms with Gasteiger partial charge in [-0.2, -0.15) is 0 Å². The van der Waals surface area contributed by atoms with Gasteiger partial charge in [-0.05, 0) is 25.1 Å². The molecule has 70 valence electrons. The number of hydrogen-bond donors (Lipinski definition) is 1. The lowest BCUT2D eigenvalue weighted by molar-refractivity contribution is 0.103. The van der Waals surface area contributed by atoms with Crippen LogP contribution in [0, 0.1) is 0 Å². The highest BCUT2D eigenvalue weighted by Crippen LogP contribution is 2.10. The number of aromatic nitrogens is 2. The number of carbonyl (C=O) groups excluding carboxylic acids is 1. The Hall–Kier alpha value is -1.90. The lowest BCUT2D eigenvalue weighted by atomic mass is 10.3. The van der Waals surface area contributed by atoms with Crippen LogP contribution in [0.1, 0.15) is 17.5 Å². The summed E-state index contributed by atoms with van der Waals surface area (Å²) < 4.78 is 0. The summed E-state index contributed by atoms with van der Waals surface area (Å²) in [6.07, 6.45) is 3.20. The molecule has 0 bridgehead atoms. The van der Waals surface area contributed by atoms with Crippen molar-refractivity contribution in [2.24, 2.45) is 0 Å². The first-order chi connectivity index (χ1) is 6.81. The molecule has 1 heterocycles. The molecule has 0 atom stereocenters. The molecule has 1 aromatic carbocycles. The van der Waals surface area contributed by atoms with E-state index < -0.39 is 0 Å². The van der Waals surface area contributed by atoms with Gasteiger partial charge in [0.25, 0.3) is 0 Å². The smallest absolute Gasteiger partial charge is 0.220 e. The highest BCUT2D eigenvalue weighted by molar-refractivity contribution is 6.03. The molecule has 2 rings (SSSR count). The maximum absolute atomic E-state index is 11.4. The number of H-pyrrole nitrogens is 1. The first kappa shape index (κ1) is 8.69. The van der Waals surface area contributed by atoms with Crippen LogP contribution in [0.5, 0.6) is 0 Å².